The molecule has 0 atom stereocenters. The lowest BCUT2D eigenvalue weighted by Gasteiger charge is -2.10. The van der Waals surface area contributed by atoms with Gasteiger partial charge in [-0.1, -0.05) is 11.6 Å². The summed E-state index contributed by atoms with van der Waals surface area (Å²) in [6, 6.07) is 14.1. The SMILES string of the molecule is COc1cc(N/C(N)=N/c2nc(CSc3ccc(Cl)cc3)cc(=O)[nH]2)cc(OC)c1. The lowest BCUT2D eigenvalue weighted by Crippen LogP contribution is -2.22. The van der Waals surface area contributed by atoms with E-state index in [0.717, 1.165) is 4.90 Å². The molecule has 0 amide bonds. The third-order valence-corrected chi connectivity index (χ3v) is 5.13. The van der Waals surface area contributed by atoms with E-state index in [-0.39, 0.29) is 17.5 Å². The molecule has 0 unspecified atom stereocenters. The molecule has 10 heteroatoms. The van der Waals surface area contributed by atoms with Gasteiger partial charge in [0.1, 0.15) is 11.5 Å². The molecule has 0 aliphatic rings. The molecule has 0 aliphatic carbocycles. The van der Waals surface area contributed by atoms with Gasteiger partial charge < -0.3 is 20.5 Å². The van der Waals surface area contributed by atoms with Crippen LogP contribution in [0.15, 0.2) is 63.2 Å². The van der Waals surface area contributed by atoms with Gasteiger partial charge >= 0.3 is 0 Å². The molecule has 0 spiro atoms. The fourth-order valence-corrected chi connectivity index (χ4v) is 3.40. The average Bonchev–Trinajstić information content (AvgIpc) is 2.72. The fourth-order valence-electron chi connectivity index (χ4n) is 2.48. The molecule has 1 heterocycles. The van der Waals surface area contributed by atoms with Crippen molar-refractivity contribution in [2.24, 2.45) is 10.7 Å². The summed E-state index contributed by atoms with van der Waals surface area (Å²) < 4.78 is 10.5. The number of thioether (sulfide) groups is 1. The van der Waals surface area contributed by atoms with Crippen molar-refractivity contribution in [2.75, 3.05) is 19.5 Å². The minimum atomic E-state index is -0.314. The van der Waals surface area contributed by atoms with Crippen LogP contribution in [0.4, 0.5) is 11.6 Å². The van der Waals surface area contributed by atoms with Crippen LogP contribution in [0.25, 0.3) is 0 Å². The largest absolute Gasteiger partial charge is 0.497 e. The Hall–Kier alpha value is -3.17. The maximum atomic E-state index is 12.0. The van der Waals surface area contributed by atoms with E-state index in [4.69, 9.17) is 26.8 Å². The van der Waals surface area contributed by atoms with Crippen LogP contribution in [0.5, 0.6) is 11.5 Å². The van der Waals surface area contributed by atoms with Gasteiger partial charge in [0.2, 0.25) is 11.9 Å². The van der Waals surface area contributed by atoms with Gasteiger partial charge in [0.25, 0.3) is 5.56 Å². The van der Waals surface area contributed by atoms with Gasteiger partial charge in [0.15, 0.2) is 0 Å². The first kappa shape index (κ1) is 21.5. The van der Waals surface area contributed by atoms with Crippen LogP contribution < -0.4 is 26.1 Å². The van der Waals surface area contributed by atoms with Gasteiger partial charge in [-0.3, -0.25) is 9.78 Å². The molecule has 1 aromatic heterocycles. The molecule has 156 valence electrons. The highest BCUT2D eigenvalue weighted by Crippen LogP contribution is 2.26. The molecular weight excluding hydrogens is 426 g/mol. The number of guanidine groups is 1. The van der Waals surface area contributed by atoms with E-state index in [9.17, 15) is 4.79 Å². The number of nitrogens with one attached hydrogen (secondary N) is 2. The smallest absolute Gasteiger partial charge is 0.252 e. The number of nitrogens with zero attached hydrogens (tertiary/aromatic N) is 2. The second-order valence-corrected chi connectivity index (χ2v) is 7.51. The van der Waals surface area contributed by atoms with Crippen LogP contribution >= 0.6 is 23.4 Å². The van der Waals surface area contributed by atoms with Gasteiger partial charge in [-0.15, -0.1) is 11.8 Å². The quantitative estimate of drug-likeness (QED) is 0.288. The molecule has 2 aromatic carbocycles. The van der Waals surface area contributed by atoms with E-state index in [1.165, 1.54) is 17.8 Å². The predicted octanol–water partition coefficient (Wildman–Crippen LogP) is 3.79. The summed E-state index contributed by atoms with van der Waals surface area (Å²) in [5.41, 5.74) is 6.86. The fraction of sp³-hybridized carbons (Fsp3) is 0.150. The van der Waals surface area contributed by atoms with E-state index >= 15 is 0 Å². The monoisotopic (exact) mass is 445 g/mol. The van der Waals surface area contributed by atoms with Crippen molar-refractivity contribution in [2.45, 2.75) is 10.6 Å². The summed E-state index contributed by atoms with van der Waals surface area (Å²) in [6.45, 7) is 0. The van der Waals surface area contributed by atoms with Gasteiger partial charge in [0.05, 0.1) is 19.9 Å². The number of hydrogen-bond donors (Lipinski definition) is 3. The number of ether oxygens (including phenoxy) is 2. The minimum Gasteiger partial charge on any atom is -0.497 e. The number of anilines is 1. The number of methoxy groups -OCH3 is 2. The number of hydrogen-bond acceptors (Lipinski definition) is 6. The maximum absolute atomic E-state index is 12.0. The Morgan fingerprint density at radius 2 is 1.83 bits per heavy atom. The Labute approximate surface area is 182 Å². The molecule has 3 aromatic rings. The highest BCUT2D eigenvalue weighted by Gasteiger charge is 2.06. The molecule has 8 nitrogen and oxygen atoms in total. The summed E-state index contributed by atoms with van der Waals surface area (Å²) in [7, 11) is 3.11. The predicted molar refractivity (Wildman–Crippen MR) is 120 cm³/mol. The molecule has 0 radical (unpaired) electrons. The summed E-state index contributed by atoms with van der Waals surface area (Å²) in [5.74, 6) is 1.84. The Balaban J connectivity index is 1.74. The molecule has 0 fully saturated rings. The zero-order chi connectivity index (χ0) is 21.5. The Bertz CT molecular complexity index is 1080. The third kappa shape index (κ3) is 6.16. The van der Waals surface area contributed by atoms with Crippen LogP contribution in [-0.2, 0) is 5.75 Å². The highest BCUT2D eigenvalue weighted by molar-refractivity contribution is 7.98. The molecular formula is C20H20ClN5O3S. The molecule has 3 rings (SSSR count). The normalized spacial score (nSPS) is 11.2. The molecule has 0 saturated heterocycles. The molecule has 0 saturated carbocycles. The maximum Gasteiger partial charge on any atom is 0.252 e. The van der Waals surface area contributed by atoms with Crippen molar-refractivity contribution in [1.29, 1.82) is 0 Å². The third-order valence-electron chi connectivity index (χ3n) is 3.83. The number of aliphatic imine (C=N–C) groups is 1. The van der Waals surface area contributed by atoms with Crippen LogP contribution in [0.3, 0.4) is 0 Å². The Morgan fingerprint density at radius 3 is 2.47 bits per heavy atom. The van der Waals surface area contributed by atoms with Gasteiger partial charge in [0, 0.05) is 45.6 Å². The van der Waals surface area contributed by atoms with Crippen molar-refractivity contribution in [3.05, 3.63) is 69.6 Å². The van der Waals surface area contributed by atoms with E-state index in [1.807, 2.05) is 24.3 Å². The van der Waals surface area contributed by atoms with Crippen LogP contribution in [-0.4, -0.2) is 30.1 Å². The summed E-state index contributed by atoms with van der Waals surface area (Å²) in [6.07, 6.45) is 0. The first-order chi connectivity index (χ1) is 14.4. The van der Waals surface area contributed by atoms with Crippen molar-refractivity contribution < 1.29 is 9.47 Å². The van der Waals surface area contributed by atoms with Crippen LogP contribution in [0.2, 0.25) is 5.02 Å². The van der Waals surface area contributed by atoms with E-state index in [1.54, 1.807) is 32.4 Å². The first-order valence-corrected chi connectivity index (χ1v) is 10.1. The van der Waals surface area contributed by atoms with Crippen molar-refractivity contribution in [3.8, 4) is 11.5 Å². The molecule has 0 aliphatic heterocycles. The molecule has 30 heavy (non-hydrogen) atoms. The van der Waals surface area contributed by atoms with E-state index in [2.05, 4.69) is 20.3 Å². The van der Waals surface area contributed by atoms with Crippen LogP contribution in [0, 0.1) is 0 Å². The summed E-state index contributed by atoms with van der Waals surface area (Å²) in [4.78, 5) is 24.1. The van der Waals surface area contributed by atoms with E-state index < -0.39 is 0 Å². The molecule has 0 bridgehead atoms. The lowest BCUT2D eigenvalue weighted by atomic mass is 10.3. The number of benzene rings is 2. The number of aromatic amines is 1. The average molecular weight is 446 g/mol. The van der Waals surface area contributed by atoms with Gasteiger partial charge in [-0.25, -0.2) is 4.98 Å². The van der Waals surface area contributed by atoms with Crippen molar-refractivity contribution in [1.82, 2.24) is 9.97 Å². The topological polar surface area (TPSA) is 115 Å². The number of aromatic nitrogens is 2. The van der Waals surface area contributed by atoms with Crippen LogP contribution in [0.1, 0.15) is 5.69 Å². The minimum absolute atomic E-state index is 0.0518. The Morgan fingerprint density at radius 1 is 1.17 bits per heavy atom. The van der Waals surface area contributed by atoms with Crippen molar-refractivity contribution in [3.63, 3.8) is 0 Å². The van der Waals surface area contributed by atoms with Crippen molar-refractivity contribution >= 4 is 41.0 Å². The summed E-state index contributed by atoms with van der Waals surface area (Å²) >= 11 is 7.43. The highest BCUT2D eigenvalue weighted by atomic mass is 35.5. The second-order valence-electron chi connectivity index (χ2n) is 6.03. The summed E-state index contributed by atoms with van der Waals surface area (Å²) in [5, 5.41) is 3.60. The Kier molecular flexibility index (Phi) is 7.21. The number of rotatable bonds is 7. The number of H-pyrrole nitrogens is 1. The lowest BCUT2D eigenvalue weighted by molar-refractivity contribution is 0.395. The van der Waals surface area contributed by atoms with E-state index in [0.29, 0.717) is 33.7 Å². The first-order valence-electron chi connectivity index (χ1n) is 8.78. The molecule has 4 N–H and O–H groups in total. The van der Waals surface area contributed by atoms with Gasteiger partial charge in [-0.05, 0) is 24.3 Å². The zero-order valence-electron chi connectivity index (χ0n) is 16.3. The second kappa shape index (κ2) is 10.0. The number of nitrogens with two attached hydrogens (primary N) is 1. The standard InChI is InChI=1S/C20H20ClN5O3S/c1-28-15-7-13(8-16(10-15)29-2)23-19(22)26-20-24-14(9-18(27)25-20)11-30-17-5-3-12(21)4-6-17/h3-10H,11H2,1-2H3,(H4,22,23,24,25,26,27). The zero-order valence-corrected chi connectivity index (χ0v) is 17.9. The van der Waals surface area contributed by atoms with Gasteiger partial charge in [-0.2, -0.15) is 4.99 Å². The number of halogens is 1.